The molecule has 1 unspecified atom stereocenters. The molecule has 5 heteroatoms. The van der Waals surface area contributed by atoms with Crippen molar-refractivity contribution >= 4 is 11.8 Å². The van der Waals surface area contributed by atoms with E-state index >= 15 is 0 Å². The molecule has 0 spiro atoms. The Morgan fingerprint density at radius 3 is 3.13 bits per heavy atom. The van der Waals surface area contributed by atoms with Crippen LogP contribution >= 0.6 is 0 Å². The summed E-state index contributed by atoms with van der Waals surface area (Å²) in [6.07, 6.45) is 7.66. The quantitative estimate of drug-likeness (QED) is 0.568. The third-order valence-electron chi connectivity index (χ3n) is 1.78. The Morgan fingerprint density at radius 2 is 2.53 bits per heavy atom. The minimum atomic E-state index is -0.582. The predicted molar refractivity (Wildman–Crippen MR) is 56.4 cm³/mol. The zero-order valence-electron chi connectivity index (χ0n) is 8.77. The summed E-state index contributed by atoms with van der Waals surface area (Å²) in [5.41, 5.74) is 2.90. The average Bonchev–Trinajstić information content (AvgIpc) is 2.75. The van der Waals surface area contributed by atoms with Crippen LogP contribution in [-0.2, 0) is 9.47 Å². The zero-order chi connectivity index (χ0) is 11.1. The van der Waals surface area contributed by atoms with Crippen LogP contribution in [0.25, 0.3) is 0 Å². The number of hydrogen-bond donors (Lipinski definition) is 1. The lowest BCUT2D eigenvalue weighted by Gasteiger charge is -2.02. The summed E-state index contributed by atoms with van der Waals surface area (Å²) >= 11 is 0. The molecule has 5 nitrogen and oxygen atoms in total. The monoisotopic (exact) mass is 210 g/mol. The Morgan fingerprint density at radius 1 is 1.73 bits per heavy atom. The van der Waals surface area contributed by atoms with Gasteiger partial charge >= 0.3 is 6.09 Å². The molecule has 1 atom stereocenters. The number of carbonyl (C=O) groups excluding carboxylic acids is 1. The van der Waals surface area contributed by atoms with Crippen molar-refractivity contribution in [2.45, 2.75) is 19.4 Å². The van der Waals surface area contributed by atoms with E-state index in [0.29, 0.717) is 5.71 Å². The molecular formula is C10H14N2O3. The van der Waals surface area contributed by atoms with Gasteiger partial charge in [0.15, 0.2) is 0 Å². The van der Waals surface area contributed by atoms with Gasteiger partial charge in [0.05, 0.1) is 19.1 Å². The number of hydrogen-bond acceptors (Lipinski definition) is 4. The van der Waals surface area contributed by atoms with Gasteiger partial charge in [-0.1, -0.05) is 0 Å². The van der Waals surface area contributed by atoms with Gasteiger partial charge in [-0.05, 0) is 25.2 Å². The van der Waals surface area contributed by atoms with Crippen LogP contribution in [0.4, 0.5) is 4.79 Å². The van der Waals surface area contributed by atoms with Gasteiger partial charge in [-0.3, -0.25) is 0 Å². The van der Waals surface area contributed by atoms with Gasteiger partial charge in [0, 0.05) is 6.42 Å². The van der Waals surface area contributed by atoms with Crippen LogP contribution in [0, 0.1) is 0 Å². The van der Waals surface area contributed by atoms with E-state index < -0.39 is 6.09 Å². The first-order valence-electron chi connectivity index (χ1n) is 4.59. The second-order valence-electron chi connectivity index (χ2n) is 3.00. The lowest BCUT2D eigenvalue weighted by Crippen LogP contribution is -2.18. The molecule has 0 aromatic heterocycles. The van der Waals surface area contributed by atoms with Gasteiger partial charge < -0.3 is 9.47 Å². The molecule has 1 N–H and O–H groups in total. The minimum absolute atomic E-state index is 0.0771. The Kier molecular flexibility index (Phi) is 4.40. The van der Waals surface area contributed by atoms with Crippen LogP contribution in [0.3, 0.4) is 0 Å². The molecule has 0 radical (unpaired) electrons. The maximum absolute atomic E-state index is 10.7. The summed E-state index contributed by atoms with van der Waals surface area (Å²) in [4.78, 5) is 10.7. The fourth-order valence-corrected chi connectivity index (χ4v) is 0.989. The number of ether oxygens (including phenoxy) is 2. The molecule has 1 heterocycles. The van der Waals surface area contributed by atoms with Gasteiger partial charge in [-0.15, -0.1) is 0 Å². The summed E-state index contributed by atoms with van der Waals surface area (Å²) in [7, 11) is 1.29. The second kappa shape index (κ2) is 5.85. The van der Waals surface area contributed by atoms with E-state index in [1.165, 1.54) is 7.11 Å². The third-order valence-corrected chi connectivity index (χ3v) is 1.78. The first-order valence-corrected chi connectivity index (χ1v) is 4.59. The molecule has 1 aliphatic rings. The van der Waals surface area contributed by atoms with Crippen molar-refractivity contribution in [1.29, 1.82) is 0 Å². The highest BCUT2D eigenvalue weighted by molar-refractivity contribution is 5.93. The maximum atomic E-state index is 10.7. The fourth-order valence-electron chi connectivity index (χ4n) is 0.989. The topological polar surface area (TPSA) is 59.9 Å². The summed E-state index contributed by atoms with van der Waals surface area (Å²) in [5, 5.41) is 3.79. The van der Waals surface area contributed by atoms with E-state index in [-0.39, 0.29) is 6.10 Å². The standard InChI is InChI=1S/C10H14N2O3/c1-8(11-12-10(13)14-2)5-6-9-4-3-7-15-9/h3,5-7,9H,4H2,1-2H3,(H,12,13)/b6-5+,11-8-. The van der Waals surface area contributed by atoms with Crippen molar-refractivity contribution in [3.63, 3.8) is 0 Å². The molecule has 0 aromatic carbocycles. The Hall–Kier alpha value is -1.78. The van der Waals surface area contributed by atoms with Crippen LogP contribution in [-0.4, -0.2) is 25.0 Å². The van der Waals surface area contributed by atoms with E-state index in [2.05, 4.69) is 15.3 Å². The molecule has 0 aromatic rings. The van der Waals surface area contributed by atoms with Crippen molar-refractivity contribution in [3.8, 4) is 0 Å². The number of hydrazone groups is 1. The molecule has 15 heavy (non-hydrogen) atoms. The Bertz CT molecular complexity index is 300. The van der Waals surface area contributed by atoms with Gasteiger partial charge in [-0.2, -0.15) is 5.10 Å². The normalized spacial score (nSPS) is 20.4. The maximum Gasteiger partial charge on any atom is 0.427 e. The molecule has 0 aliphatic carbocycles. The highest BCUT2D eigenvalue weighted by atomic mass is 16.5. The number of allylic oxidation sites excluding steroid dienone is 1. The molecule has 1 rings (SSSR count). The first-order chi connectivity index (χ1) is 7.22. The molecule has 1 aliphatic heterocycles. The van der Waals surface area contributed by atoms with Crippen molar-refractivity contribution < 1.29 is 14.3 Å². The minimum Gasteiger partial charge on any atom is -0.494 e. The molecule has 0 bridgehead atoms. The van der Waals surface area contributed by atoms with Crippen molar-refractivity contribution in [2.75, 3.05) is 7.11 Å². The van der Waals surface area contributed by atoms with Gasteiger partial charge in [-0.25, -0.2) is 10.2 Å². The SMILES string of the molecule is COC(=O)N/N=C(C)\C=C\C1CC=CO1. The molecule has 0 saturated carbocycles. The number of carbonyl (C=O) groups is 1. The summed E-state index contributed by atoms with van der Waals surface area (Å²) in [5.74, 6) is 0. The smallest absolute Gasteiger partial charge is 0.427 e. The van der Waals surface area contributed by atoms with Crippen molar-refractivity contribution in [3.05, 3.63) is 24.5 Å². The third kappa shape index (κ3) is 4.30. The summed E-state index contributed by atoms with van der Waals surface area (Å²) in [6, 6.07) is 0. The number of amides is 1. The average molecular weight is 210 g/mol. The summed E-state index contributed by atoms with van der Waals surface area (Å²) in [6.45, 7) is 1.77. The fraction of sp³-hybridized carbons (Fsp3) is 0.400. The van der Waals surface area contributed by atoms with Crippen LogP contribution < -0.4 is 5.43 Å². The van der Waals surface area contributed by atoms with Crippen LogP contribution in [0.1, 0.15) is 13.3 Å². The van der Waals surface area contributed by atoms with Crippen LogP contribution in [0.5, 0.6) is 0 Å². The van der Waals surface area contributed by atoms with Crippen molar-refractivity contribution in [2.24, 2.45) is 5.10 Å². The lowest BCUT2D eigenvalue weighted by molar-refractivity contribution is 0.171. The number of nitrogens with zero attached hydrogens (tertiary/aromatic N) is 1. The van der Waals surface area contributed by atoms with E-state index in [9.17, 15) is 4.79 Å². The number of nitrogens with one attached hydrogen (secondary N) is 1. The van der Waals surface area contributed by atoms with Gasteiger partial charge in [0.25, 0.3) is 0 Å². The molecule has 0 fully saturated rings. The predicted octanol–water partition coefficient (Wildman–Crippen LogP) is 1.58. The first kappa shape index (κ1) is 11.3. The van der Waals surface area contributed by atoms with Crippen molar-refractivity contribution in [1.82, 2.24) is 5.43 Å². The Labute approximate surface area is 88.4 Å². The number of rotatable bonds is 3. The number of methoxy groups -OCH3 is 1. The molecular weight excluding hydrogens is 196 g/mol. The zero-order valence-corrected chi connectivity index (χ0v) is 8.77. The largest absolute Gasteiger partial charge is 0.494 e. The molecule has 0 saturated heterocycles. The second-order valence-corrected chi connectivity index (χ2v) is 3.00. The van der Waals surface area contributed by atoms with E-state index in [4.69, 9.17) is 4.74 Å². The van der Waals surface area contributed by atoms with E-state index in [1.807, 2.05) is 12.2 Å². The Balaban J connectivity index is 2.33. The van der Waals surface area contributed by atoms with Crippen LogP contribution in [0.15, 0.2) is 29.6 Å². The van der Waals surface area contributed by atoms with E-state index in [1.54, 1.807) is 19.3 Å². The molecule has 82 valence electrons. The highest BCUT2D eigenvalue weighted by Gasteiger charge is 2.05. The van der Waals surface area contributed by atoms with Gasteiger partial charge in [0.2, 0.25) is 0 Å². The van der Waals surface area contributed by atoms with E-state index in [0.717, 1.165) is 6.42 Å². The highest BCUT2D eigenvalue weighted by Crippen LogP contribution is 2.09. The molecule has 1 amide bonds. The van der Waals surface area contributed by atoms with Crippen LogP contribution in [0.2, 0.25) is 0 Å². The lowest BCUT2D eigenvalue weighted by atomic mass is 10.2. The summed E-state index contributed by atoms with van der Waals surface area (Å²) < 4.78 is 9.58. The van der Waals surface area contributed by atoms with Gasteiger partial charge in [0.1, 0.15) is 6.10 Å².